The van der Waals surface area contributed by atoms with Gasteiger partial charge in [0.25, 0.3) is 0 Å². The van der Waals surface area contributed by atoms with Crippen molar-refractivity contribution in [2.75, 3.05) is 26.5 Å². The number of benzene rings is 1. The first-order valence-electron chi connectivity index (χ1n) is 7.89. The minimum absolute atomic E-state index is 0.662. The molecule has 0 radical (unpaired) electrons. The predicted octanol–water partition coefficient (Wildman–Crippen LogP) is 3.89. The normalized spacial score (nSPS) is 18.0. The average Bonchev–Trinajstić information content (AvgIpc) is 3.03. The maximum absolute atomic E-state index is 5.59. The molecule has 0 aromatic heterocycles. The summed E-state index contributed by atoms with van der Waals surface area (Å²) in [5, 5.41) is 3.56. The summed E-state index contributed by atoms with van der Waals surface area (Å²) in [6, 6.07) is 4.96. The van der Waals surface area contributed by atoms with Crippen LogP contribution in [0.1, 0.15) is 38.2 Å². The zero-order valence-electron chi connectivity index (χ0n) is 13.4. The van der Waals surface area contributed by atoms with Crippen molar-refractivity contribution >= 4 is 11.8 Å². The maximum atomic E-state index is 5.59. The molecule has 1 aliphatic rings. The van der Waals surface area contributed by atoms with Gasteiger partial charge in [0.15, 0.2) is 0 Å². The number of hydrogen-bond donors (Lipinski definition) is 1. The lowest BCUT2D eigenvalue weighted by Crippen LogP contribution is -2.21. The molecule has 1 saturated heterocycles. The molecular weight excluding hydrogens is 282 g/mol. The van der Waals surface area contributed by atoms with Crippen LogP contribution < -0.4 is 14.8 Å². The second-order valence-corrected chi connectivity index (χ2v) is 6.63. The van der Waals surface area contributed by atoms with Gasteiger partial charge in [0.1, 0.15) is 11.5 Å². The van der Waals surface area contributed by atoms with E-state index in [0.29, 0.717) is 6.04 Å². The first kappa shape index (κ1) is 16.5. The number of rotatable bonds is 8. The van der Waals surface area contributed by atoms with Crippen LogP contribution in [0, 0.1) is 0 Å². The molecule has 0 amide bonds. The summed E-state index contributed by atoms with van der Waals surface area (Å²) in [6.07, 6.45) is 5.96. The van der Waals surface area contributed by atoms with Gasteiger partial charge >= 0.3 is 0 Å². The minimum atomic E-state index is 0.662. The summed E-state index contributed by atoms with van der Waals surface area (Å²) in [7, 11) is 3.51. The zero-order chi connectivity index (χ0) is 15.1. The SMILES string of the molecule is CCCSc1cc(OC)c(CCC2CCCN2)cc1OC. The smallest absolute Gasteiger partial charge is 0.132 e. The zero-order valence-corrected chi connectivity index (χ0v) is 14.2. The number of hydrogen-bond acceptors (Lipinski definition) is 4. The molecule has 1 atom stereocenters. The fourth-order valence-corrected chi connectivity index (χ4v) is 3.68. The number of thioether (sulfide) groups is 1. The number of aryl methyl sites for hydroxylation is 1. The van der Waals surface area contributed by atoms with Gasteiger partial charge in [-0.15, -0.1) is 11.8 Å². The molecular formula is C17H27NO2S. The third-order valence-corrected chi connectivity index (χ3v) is 5.20. The highest BCUT2D eigenvalue weighted by Crippen LogP contribution is 2.36. The van der Waals surface area contributed by atoms with E-state index < -0.39 is 0 Å². The summed E-state index contributed by atoms with van der Waals surface area (Å²) >= 11 is 1.84. The summed E-state index contributed by atoms with van der Waals surface area (Å²) in [5.41, 5.74) is 1.25. The van der Waals surface area contributed by atoms with Gasteiger partial charge in [0.2, 0.25) is 0 Å². The van der Waals surface area contributed by atoms with Crippen molar-refractivity contribution in [3.63, 3.8) is 0 Å². The third kappa shape index (κ3) is 4.55. The summed E-state index contributed by atoms with van der Waals surface area (Å²) in [4.78, 5) is 1.18. The Balaban J connectivity index is 2.10. The van der Waals surface area contributed by atoms with E-state index >= 15 is 0 Å². The van der Waals surface area contributed by atoms with Crippen LogP contribution in [0.25, 0.3) is 0 Å². The molecule has 1 fully saturated rings. The van der Waals surface area contributed by atoms with Crippen LogP contribution in [-0.2, 0) is 6.42 Å². The van der Waals surface area contributed by atoms with Crippen molar-refractivity contribution in [3.05, 3.63) is 17.7 Å². The Kier molecular flexibility index (Phi) is 6.71. The quantitative estimate of drug-likeness (QED) is 0.738. The molecule has 0 spiro atoms. The molecule has 4 heteroatoms. The minimum Gasteiger partial charge on any atom is -0.496 e. The lowest BCUT2D eigenvalue weighted by molar-refractivity contribution is 0.389. The molecule has 118 valence electrons. The van der Waals surface area contributed by atoms with Gasteiger partial charge in [0.05, 0.1) is 19.1 Å². The Morgan fingerprint density at radius 1 is 1.24 bits per heavy atom. The van der Waals surface area contributed by atoms with Gasteiger partial charge < -0.3 is 14.8 Å². The second-order valence-electron chi connectivity index (χ2n) is 5.50. The van der Waals surface area contributed by atoms with E-state index in [9.17, 15) is 0 Å². The standard InChI is InChI=1S/C17H27NO2S/c1-4-10-21-17-12-15(19-2)13(11-16(17)20-3)7-8-14-6-5-9-18-14/h11-12,14,18H,4-10H2,1-3H3. The van der Waals surface area contributed by atoms with Crippen molar-refractivity contribution in [3.8, 4) is 11.5 Å². The van der Waals surface area contributed by atoms with Gasteiger partial charge in [-0.25, -0.2) is 0 Å². The van der Waals surface area contributed by atoms with Crippen LogP contribution >= 0.6 is 11.8 Å². The van der Waals surface area contributed by atoms with Crippen molar-refractivity contribution in [1.82, 2.24) is 5.32 Å². The van der Waals surface area contributed by atoms with Gasteiger partial charge in [-0.05, 0) is 62.1 Å². The molecule has 2 rings (SSSR count). The Labute approximate surface area is 132 Å². The number of methoxy groups -OCH3 is 2. The largest absolute Gasteiger partial charge is 0.496 e. The van der Waals surface area contributed by atoms with Crippen molar-refractivity contribution in [2.45, 2.75) is 50.0 Å². The summed E-state index contributed by atoms with van der Waals surface area (Å²) in [5.74, 6) is 3.07. The van der Waals surface area contributed by atoms with E-state index in [2.05, 4.69) is 24.4 Å². The first-order chi connectivity index (χ1) is 10.3. The van der Waals surface area contributed by atoms with Crippen LogP contribution in [0.5, 0.6) is 11.5 Å². The maximum Gasteiger partial charge on any atom is 0.132 e. The molecule has 1 unspecified atom stereocenters. The van der Waals surface area contributed by atoms with Crippen LogP contribution in [-0.4, -0.2) is 32.6 Å². The molecule has 1 heterocycles. The van der Waals surface area contributed by atoms with Gasteiger partial charge in [0, 0.05) is 6.04 Å². The van der Waals surface area contributed by atoms with Crippen LogP contribution in [0.3, 0.4) is 0 Å². The van der Waals surface area contributed by atoms with Crippen LogP contribution in [0.2, 0.25) is 0 Å². The monoisotopic (exact) mass is 309 g/mol. The van der Waals surface area contributed by atoms with E-state index in [0.717, 1.165) is 36.6 Å². The molecule has 3 nitrogen and oxygen atoms in total. The van der Waals surface area contributed by atoms with E-state index in [1.54, 1.807) is 14.2 Å². The third-order valence-electron chi connectivity index (χ3n) is 3.95. The summed E-state index contributed by atoms with van der Waals surface area (Å²) in [6.45, 7) is 3.36. The fourth-order valence-electron chi connectivity index (χ4n) is 2.79. The van der Waals surface area contributed by atoms with E-state index in [1.807, 2.05) is 11.8 Å². The Morgan fingerprint density at radius 3 is 2.67 bits per heavy atom. The lowest BCUT2D eigenvalue weighted by atomic mass is 10.0. The molecule has 1 aliphatic heterocycles. The Hall–Kier alpha value is -0.870. The highest BCUT2D eigenvalue weighted by atomic mass is 32.2. The molecule has 1 aromatic rings. The van der Waals surface area contributed by atoms with Crippen molar-refractivity contribution in [1.29, 1.82) is 0 Å². The van der Waals surface area contributed by atoms with E-state index in [-0.39, 0.29) is 0 Å². The topological polar surface area (TPSA) is 30.5 Å². The van der Waals surface area contributed by atoms with E-state index in [4.69, 9.17) is 9.47 Å². The lowest BCUT2D eigenvalue weighted by Gasteiger charge is -2.16. The molecule has 21 heavy (non-hydrogen) atoms. The average molecular weight is 309 g/mol. The van der Waals surface area contributed by atoms with Crippen molar-refractivity contribution < 1.29 is 9.47 Å². The Morgan fingerprint density at radius 2 is 2.05 bits per heavy atom. The molecule has 1 aromatic carbocycles. The van der Waals surface area contributed by atoms with Gasteiger partial charge in [-0.3, -0.25) is 0 Å². The highest BCUT2D eigenvalue weighted by molar-refractivity contribution is 7.99. The predicted molar refractivity (Wildman–Crippen MR) is 89.9 cm³/mol. The van der Waals surface area contributed by atoms with Gasteiger partial charge in [-0.1, -0.05) is 6.92 Å². The second kappa shape index (κ2) is 8.54. The van der Waals surface area contributed by atoms with Gasteiger partial charge in [-0.2, -0.15) is 0 Å². The molecule has 0 saturated carbocycles. The van der Waals surface area contributed by atoms with E-state index in [1.165, 1.54) is 29.7 Å². The first-order valence-corrected chi connectivity index (χ1v) is 8.88. The van der Waals surface area contributed by atoms with Crippen LogP contribution in [0.4, 0.5) is 0 Å². The molecule has 0 aliphatic carbocycles. The Bertz CT molecular complexity index is 445. The molecule has 1 N–H and O–H groups in total. The fraction of sp³-hybridized carbons (Fsp3) is 0.647. The van der Waals surface area contributed by atoms with Crippen LogP contribution in [0.15, 0.2) is 17.0 Å². The summed E-state index contributed by atoms with van der Waals surface area (Å²) < 4.78 is 11.2. The molecule has 0 bridgehead atoms. The number of ether oxygens (including phenoxy) is 2. The number of nitrogens with one attached hydrogen (secondary N) is 1. The van der Waals surface area contributed by atoms with Crippen molar-refractivity contribution in [2.24, 2.45) is 0 Å². The highest BCUT2D eigenvalue weighted by Gasteiger charge is 2.16.